The monoisotopic (exact) mass is 597 g/mol. The largest absolute Gasteiger partial charge is 0.497 e. The van der Waals surface area contributed by atoms with Crippen molar-refractivity contribution in [3.05, 3.63) is 110 Å². The predicted molar refractivity (Wildman–Crippen MR) is 172 cm³/mol. The number of thiocarbonyl (C=S) groups is 1. The molecule has 42 heavy (non-hydrogen) atoms. The van der Waals surface area contributed by atoms with E-state index in [1.54, 1.807) is 28.7 Å². The van der Waals surface area contributed by atoms with Crippen LogP contribution in [0.1, 0.15) is 22.3 Å². The Morgan fingerprint density at radius 1 is 0.929 bits per heavy atom. The first-order valence-electron chi connectivity index (χ1n) is 13.8. The molecule has 2 aromatic carbocycles. The maximum atomic E-state index is 13.9. The van der Waals surface area contributed by atoms with E-state index in [0.29, 0.717) is 32.8 Å². The quantitative estimate of drug-likeness (QED) is 0.224. The van der Waals surface area contributed by atoms with E-state index in [0.717, 1.165) is 49.6 Å². The molecule has 0 radical (unpaired) electrons. The van der Waals surface area contributed by atoms with Gasteiger partial charge in [0.1, 0.15) is 21.5 Å². The smallest absolute Gasteiger partial charge is 0.267 e. The number of rotatable bonds is 7. The summed E-state index contributed by atoms with van der Waals surface area (Å²) in [6.45, 7) is 6.30. The van der Waals surface area contributed by atoms with E-state index in [9.17, 15) is 9.59 Å². The van der Waals surface area contributed by atoms with Crippen LogP contribution in [0.4, 0.5) is 5.82 Å². The minimum Gasteiger partial charge on any atom is -0.497 e. The number of hydrogen-bond donors (Lipinski definition) is 0. The van der Waals surface area contributed by atoms with E-state index >= 15 is 0 Å². The second-order valence-corrected chi connectivity index (χ2v) is 12.1. The fourth-order valence-corrected chi connectivity index (χ4v) is 6.54. The van der Waals surface area contributed by atoms with Crippen molar-refractivity contribution in [1.29, 1.82) is 0 Å². The third-order valence-electron chi connectivity index (χ3n) is 7.63. The normalized spacial score (nSPS) is 17.0. The molecule has 0 spiro atoms. The second kappa shape index (κ2) is 12.1. The summed E-state index contributed by atoms with van der Waals surface area (Å²) >= 11 is 6.82. The first kappa shape index (κ1) is 28.1. The standard InChI is InChI=1S/C32H31N5O3S2/c1-22-7-6-14-36-28(22)33-29(35-17-15-34(16-18-35)20-23-8-4-3-5-9-23)26(30(36)38)19-27-31(39)37(32(41)42-27)21-24-10-12-25(40-2)13-11-24/h3-14,19H,15-18,20-21H2,1-2H3. The van der Waals surface area contributed by atoms with Crippen molar-refractivity contribution < 1.29 is 9.53 Å². The highest BCUT2D eigenvalue weighted by Crippen LogP contribution is 2.35. The number of thioether (sulfide) groups is 1. The van der Waals surface area contributed by atoms with Crippen LogP contribution in [-0.2, 0) is 17.9 Å². The molecule has 0 aliphatic carbocycles. The molecule has 214 valence electrons. The highest BCUT2D eigenvalue weighted by Gasteiger charge is 2.33. The van der Waals surface area contributed by atoms with Crippen LogP contribution >= 0.6 is 24.0 Å². The summed E-state index contributed by atoms with van der Waals surface area (Å²) in [5.41, 5.74) is 3.95. The number of pyridine rings is 1. The van der Waals surface area contributed by atoms with E-state index in [-0.39, 0.29) is 11.5 Å². The number of aryl methyl sites for hydroxylation is 1. The molecule has 4 heterocycles. The summed E-state index contributed by atoms with van der Waals surface area (Å²) in [6, 6.07) is 21.8. The van der Waals surface area contributed by atoms with Crippen molar-refractivity contribution >= 4 is 51.7 Å². The Balaban J connectivity index is 1.30. The van der Waals surface area contributed by atoms with Crippen molar-refractivity contribution in [1.82, 2.24) is 19.2 Å². The van der Waals surface area contributed by atoms with Gasteiger partial charge in [0.15, 0.2) is 0 Å². The molecule has 0 atom stereocenters. The van der Waals surface area contributed by atoms with Gasteiger partial charge in [-0.3, -0.25) is 23.8 Å². The number of anilines is 1. The van der Waals surface area contributed by atoms with Crippen molar-refractivity contribution in [3.63, 3.8) is 0 Å². The van der Waals surface area contributed by atoms with Crippen molar-refractivity contribution in [2.75, 3.05) is 38.2 Å². The van der Waals surface area contributed by atoms with Crippen molar-refractivity contribution in [2.45, 2.75) is 20.0 Å². The van der Waals surface area contributed by atoms with Gasteiger partial charge in [-0.05, 0) is 47.9 Å². The number of carbonyl (C=O) groups is 1. The molecule has 2 aliphatic rings. The Labute approximate surface area is 254 Å². The van der Waals surface area contributed by atoms with Crippen LogP contribution in [0.25, 0.3) is 11.7 Å². The maximum absolute atomic E-state index is 13.9. The summed E-state index contributed by atoms with van der Waals surface area (Å²) in [5, 5.41) is 0. The molecule has 8 nitrogen and oxygen atoms in total. The first-order valence-corrected chi connectivity index (χ1v) is 15.1. The van der Waals surface area contributed by atoms with Crippen molar-refractivity contribution in [3.8, 4) is 5.75 Å². The van der Waals surface area contributed by atoms with Gasteiger partial charge in [0.05, 0.1) is 24.1 Å². The fourth-order valence-electron chi connectivity index (χ4n) is 5.31. The molecular formula is C32H31N5O3S2. The number of hydrogen-bond acceptors (Lipinski definition) is 8. The maximum Gasteiger partial charge on any atom is 0.267 e. The lowest BCUT2D eigenvalue weighted by Gasteiger charge is -2.36. The molecule has 0 unspecified atom stereocenters. The molecule has 2 aromatic heterocycles. The van der Waals surface area contributed by atoms with Crippen LogP contribution in [0, 0.1) is 6.92 Å². The van der Waals surface area contributed by atoms with Gasteiger partial charge in [-0.2, -0.15) is 0 Å². The number of carbonyl (C=O) groups excluding carboxylic acids is 1. The van der Waals surface area contributed by atoms with Gasteiger partial charge in [0.25, 0.3) is 11.5 Å². The number of piperazine rings is 1. The van der Waals surface area contributed by atoms with E-state index < -0.39 is 0 Å². The van der Waals surface area contributed by atoms with Crippen LogP contribution < -0.4 is 15.2 Å². The summed E-state index contributed by atoms with van der Waals surface area (Å²) in [6.07, 6.45) is 3.41. The molecule has 1 amide bonds. The highest BCUT2D eigenvalue weighted by atomic mass is 32.2. The number of benzene rings is 2. The van der Waals surface area contributed by atoms with E-state index in [1.165, 1.54) is 17.3 Å². The van der Waals surface area contributed by atoms with Gasteiger partial charge in [-0.1, -0.05) is 72.5 Å². The summed E-state index contributed by atoms with van der Waals surface area (Å²) in [4.78, 5) is 39.1. The number of methoxy groups -OCH3 is 1. The van der Waals surface area contributed by atoms with E-state index in [4.69, 9.17) is 21.9 Å². The molecule has 0 N–H and O–H groups in total. The van der Waals surface area contributed by atoms with E-state index in [2.05, 4.69) is 34.1 Å². The number of aromatic nitrogens is 2. The van der Waals surface area contributed by atoms with Crippen LogP contribution in [0.5, 0.6) is 5.75 Å². The van der Waals surface area contributed by atoms with Gasteiger partial charge in [0.2, 0.25) is 0 Å². The fraction of sp³-hybridized carbons (Fsp3) is 0.250. The number of amides is 1. The minimum atomic E-state index is -0.215. The van der Waals surface area contributed by atoms with Gasteiger partial charge >= 0.3 is 0 Å². The SMILES string of the molecule is COc1ccc(CN2C(=O)C(=Cc3c(N4CCN(Cc5ccccc5)CC4)nc4c(C)cccn4c3=O)SC2=S)cc1. The average molecular weight is 598 g/mol. The molecular weight excluding hydrogens is 567 g/mol. The lowest BCUT2D eigenvalue weighted by molar-refractivity contribution is -0.122. The molecule has 0 bridgehead atoms. The Hall–Kier alpha value is -3.99. The molecule has 10 heteroatoms. The molecule has 2 aliphatic heterocycles. The number of nitrogens with zero attached hydrogens (tertiary/aromatic N) is 5. The highest BCUT2D eigenvalue weighted by molar-refractivity contribution is 8.26. The second-order valence-electron chi connectivity index (χ2n) is 10.4. The number of ether oxygens (including phenoxy) is 1. The predicted octanol–water partition coefficient (Wildman–Crippen LogP) is 4.74. The third-order valence-corrected chi connectivity index (χ3v) is 9.01. The average Bonchev–Trinajstić information content (AvgIpc) is 3.27. The zero-order valence-electron chi connectivity index (χ0n) is 23.5. The van der Waals surface area contributed by atoms with Crippen LogP contribution in [-0.4, -0.2) is 62.7 Å². The van der Waals surface area contributed by atoms with Gasteiger partial charge < -0.3 is 9.64 Å². The molecule has 2 saturated heterocycles. The summed E-state index contributed by atoms with van der Waals surface area (Å²) in [7, 11) is 1.62. The molecule has 0 saturated carbocycles. The van der Waals surface area contributed by atoms with Gasteiger partial charge in [-0.15, -0.1) is 0 Å². The van der Waals surface area contributed by atoms with Crippen LogP contribution in [0.15, 0.2) is 82.6 Å². The molecule has 2 fully saturated rings. The van der Waals surface area contributed by atoms with Crippen molar-refractivity contribution in [2.24, 2.45) is 0 Å². The Kier molecular flexibility index (Phi) is 8.10. The topological polar surface area (TPSA) is 70.4 Å². The van der Waals surface area contributed by atoms with Gasteiger partial charge in [-0.25, -0.2) is 4.98 Å². The van der Waals surface area contributed by atoms with Crippen LogP contribution in [0.3, 0.4) is 0 Å². The third kappa shape index (κ3) is 5.70. The summed E-state index contributed by atoms with van der Waals surface area (Å²) < 4.78 is 7.27. The van der Waals surface area contributed by atoms with E-state index in [1.807, 2.05) is 49.4 Å². The molecule has 6 rings (SSSR count). The Bertz CT molecular complexity index is 1730. The number of fused-ring (bicyclic) bond motifs is 1. The summed E-state index contributed by atoms with van der Waals surface area (Å²) in [5.74, 6) is 1.14. The molecule has 4 aromatic rings. The zero-order chi connectivity index (χ0) is 29.2. The Morgan fingerprint density at radius 2 is 1.64 bits per heavy atom. The zero-order valence-corrected chi connectivity index (χ0v) is 25.2. The lowest BCUT2D eigenvalue weighted by Crippen LogP contribution is -2.47. The lowest BCUT2D eigenvalue weighted by atomic mass is 10.1. The minimum absolute atomic E-state index is 0.203. The first-order chi connectivity index (χ1) is 20.4. The van der Waals surface area contributed by atoms with Crippen LogP contribution in [0.2, 0.25) is 0 Å². The Morgan fingerprint density at radius 3 is 2.36 bits per heavy atom. The van der Waals surface area contributed by atoms with Gasteiger partial charge in [0, 0.05) is 38.9 Å².